The molecule has 0 spiro atoms. The molecule has 1 N–H and O–H groups in total. The molecule has 1 unspecified atom stereocenters. The number of aryl methyl sites for hydroxylation is 2. The van der Waals surface area contributed by atoms with Gasteiger partial charge in [-0.25, -0.2) is 9.97 Å². The maximum absolute atomic E-state index is 5.27. The third-order valence-electron chi connectivity index (χ3n) is 4.56. The molecule has 0 saturated carbocycles. The molecule has 7 heteroatoms. The average Bonchev–Trinajstić information content (AvgIpc) is 3.31. The third kappa shape index (κ3) is 2.71. The van der Waals surface area contributed by atoms with Crippen molar-refractivity contribution in [2.45, 2.75) is 39.3 Å². The number of hydrogen-bond acceptors (Lipinski definition) is 6. The first-order valence-electron chi connectivity index (χ1n) is 8.20. The van der Waals surface area contributed by atoms with Crippen LogP contribution >= 0.6 is 0 Å². The van der Waals surface area contributed by atoms with Crippen LogP contribution in [0.15, 0.2) is 29.3 Å². The van der Waals surface area contributed by atoms with Crippen LogP contribution in [0.3, 0.4) is 0 Å². The predicted octanol–water partition coefficient (Wildman–Crippen LogP) is 2.81. The molecule has 4 heterocycles. The van der Waals surface area contributed by atoms with E-state index in [9.17, 15) is 0 Å². The Labute approximate surface area is 140 Å². The maximum Gasteiger partial charge on any atom is 0.143 e. The minimum atomic E-state index is 0.267. The third-order valence-corrected chi connectivity index (χ3v) is 4.56. The summed E-state index contributed by atoms with van der Waals surface area (Å²) in [7, 11) is 0. The molecule has 4 rings (SSSR count). The van der Waals surface area contributed by atoms with E-state index in [1.807, 2.05) is 26.2 Å². The first-order valence-corrected chi connectivity index (χ1v) is 8.20. The van der Waals surface area contributed by atoms with Crippen LogP contribution in [0.5, 0.6) is 0 Å². The molecule has 3 aromatic heterocycles. The zero-order chi connectivity index (χ0) is 16.5. The highest BCUT2D eigenvalue weighted by molar-refractivity contribution is 5.62. The smallest absolute Gasteiger partial charge is 0.143 e. The molecule has 0 aliphatic carbocycles. The highest BCUT2D eigenvalue weighted by Crippen LogP contribution is 2.33. The van der Waals surface area contributed by atoms with E-state index in [2.05, 4.69) is 25.0 Å². The summed E-state index contributed by atoms with van der Waals surface area (Å²) in [4.78, 5) is 19.2. The van der Waals surface area contributed by atoms with Crippen LogP contribution in [0.25, 0.3) is 11.3 Å². The summed E-state index contributed by atoms with van der Waals surface area (Å²) in [6.45, 7) is 5.68. The number of rotatable bonds is 4. The van der Waals surface area contributed by atoms with E-state index in [-0.39, 0.29) is 6.04 Å². The van der Waals surface area contributed by atoms with Gasteiger partial charge < -0.3 is 9.51 Å². The maximum atomic E-state index is 5.27. The van der Waals surface area contributed by atoms with Gasteiger partial charge in [-0.2, -0.15) is 0 Å². The van der Waals surface area contributed by atoms with Gasteiger partial charge in [0.05, 0.1) is 47.6 Å². The summed E-state index contributed by atoms with van der Waals surface area (Å²) in [5.74, 6) is 1.76. The minimum Gasteiger partial charge on any atom is -0.361 e. The quantitative estimate of drug-likeness (QED) is 0.794. The summed E-state index contributed by atoms with van der Waals surface area (Å²) in [6, 6.07) is 0.267. The number of nitrogens with zero attached hydrogens (tertiary/aromatic N) is 5. The summed E-state index contributed by atoms with van der Waals surface area (Å²) in [5.41, 5.74) is 3.61. The van der Waals surface area contributed by atoms with Crippen molar-refractivity contribution in [1.82, 2.24) is 30.0 Å². The minimum absolute atomic E-state index is 0.267. The van der Waals surface area contributed by atoms with Gasteiger partial charge in [0.25, 0.3) is 0 Å². The molecule has 7 nitrogen and oxygen atoms in total. The van der Waals surface area contributed by atoms with E-state index < -0.39 is 0 Å². The summed E-state index contributed by atoms with van der Waals surface area (Å²) in [5, 5.41) is 4.02. The van der Waals surface area contributed by atoms with Crippen LogP contribution in [-0.4, -0.2) is 36.5 Å². The standard InChI is InChI=1S/C17H20N6O/c1-11-17(12(2)24-22-11)14-9-18-8-13(21-14)15-4-3-7-23(15)10-16-19-5-6-20-16/h5-6,8-9,15H,3-4,7,10H2,1-2H3,(H,19,20). The number of nitrogens with one attached hydrogen (secondary N) is 1. The second-order valence-electron chi connectivity index (χ2n) is 6.19. The summed E-state index contributed by atoms with van der Waals surface area (Å²) < 4.78 is 5.27. The Balaban J connectivity index is 1.63. The van der Waals surface area contributed by atoms with Gasteiger partial charge >= 0.3 is 0 Å². The predicted molar refractivity (Wildman–Crippen MR) is 88.0 cm³/mol. The zero-order valence-corrected chi connectivity index (χ0v) is 13.9. The molecule has 0 radical (unpaired) electrons. The van der Waals surface area contributed by atoms with E-state index >= 15 is 0 Å². The fourth-order valence-corrected chi connectivity index (χ4v) is 3.44. The summed E-state index contributed by atoms with van der Waals surface area (Å²) >= 11 is 0. The first-order chi connectivity index (χ1) is 11.7. The zero-order valence-electron chi connectivity index (χ0n) is 13.9. The second-order valence-corrected chi connectivity index (χ2v) is 6.19. The van der Waals surface area contributed by atoms with Crippen LogP contribution in [0, 0.1) is 13.8 Å². The lowest BCUT2D eigenvalue weighted by Crippen LogP contribution is -2.24. The van der Waals surface area contributed by atoms with Gasteiger partial charge in [-0.1, -0.05) is 5.16 Å². The van der Waals surface area contributed by atoms with E-state index in [1.165, 1.54) is 0 Å². The van der Waals surface area contributed by atoms with Crippen molar-refractivity contribution in [2.24, 2.45) is 0 Å². The fraction of sp³-hybridized carbons (Fsp3) is 0.412. The molecule has 124 valence electrons. The van der Waals surface area contributed by atoms with Crippen molar-refractivity contribution in [1.29, 1.82) is 0 Å². The Morgan fingerprint density at radius 1 is 1.33 bits per heavy atom. The van der Waals surface area contributed by atoms with Crippen molar-refractivity contribution in [3.8, 4) is 11.3 Å². The number of likely N-dealkylation sites (tertiary alicyclic amines) is 1. The molecule has 0 bridgehead atoms. The lowest BCUT2D eigenvalue weighted by molar-refractivity contribution is 0.238. The molecule has 1 saturated heterocycles. The van der Waals surface area contributed by atoms with Crippen LogP contribution in [0.4, 0.5) is 0 Å². The Morgan fingerprint density at radius 3 is 3.00 bits per heavy atom. The first kappa shape index (κ1) is 15.0. The Hall–Kier alpha value is -2.54. The van der Waals surface area contributed by atoms with E-state index in [1.54, 1.807) is 12.4 Å². The average molecular weight is 324 g/mol. The number of hydrogen-bond donors (Lipinski definition) is 1. The number of imidazole rings is 1. The van der Waals surface area contributed by atoms with Gasteiger partial charge in [0.15, 0.2) is 0 Å². The Bertz CT molecular complexity index is 806. The van der Waals surface area contributed by atoms with Crippen LogP contribution < -0.4 is 0 Å². The molecule has 24 heavy (non-hydrogen) atoms. The van der Waals surface area contributed by atoms with Crippen molar-refractivity contribution in [3.05, 3.63) is 47.8 Å². The van der Waals surface area contributed by atoms with E-state index in [4.69, 9.17) is 9.51 Å². The highest BCUT2D eigenvalue weighted by Gasteiger charge is 2.28. The largest absolute Gasteiger partial charge is 0.361 e. The number of H-pyrrole nitrogens is 1. The van der Waals surface area contributed by atoms with Crippen molar-refractivity contribution < 1.29 is 4.52 Å². The lowest BCUT2D eigenvalue weighted by atomic mass is 10.1. The van der Waals surface area contributed by atoms with Crippen LogP contribution in [-0.2, 0) is 6.54 Å². The lowest BCUT2D eigenvalue weighted by Gasteiger charge is -2.23. The molecule has 3 aromatic rings. The summed E-state index contributed by atoms with van der Waals surface area (Å²) in [6.07, 6.45) is 9.54. The Morgan fingerprint density at radius 2 is 2.25 bits per heavy atom. The van der Waals surface area contributed by atoms with Gasteiger partial charge in [0.1, 0.15) is 11.6 Å². The number of aromatic amines is 1. The van der Waals surface area contributed by atoms with Gasteiger partial charge in [-0.15, -0.1) is 0 Å². The van der Waals surface area contributed by atoms with Crippen LogP contribution in [0.2, 0.25) is 0 Å². The van der Waals surface area contributed by atoms with Gasteiger partial charge in [0.2, 0.25) is 0 Å². The molecular weight excluding hydrogens is 304 g/mol. The molecule has 0 aromatic carbocycles. The topological polar surface area (TPSA) is 83.7 Å². The van der Waals surface area contributed by atoms with Crippen molar-refractivity contribution >= 4 is 0 Å². The monoisotopic (exact) mass is 324 g/mol. The molecule has 1 aliphatic rings. The second kappa shape index (κ2) is 6.16. The van der Waals surface area contributed by atoms with Gasteiger partial charge in [-0.05, 0) is 33.2 Å². The van der Waals surface area contributed by atoms with Crippen molar-refractivity contribution in [2.75, 3.05) is 6.54 Å². The van der Waals surface area contributed by atoms with E-state index in [0.717, 1.165) is 60.2 Å². The Kier molecular flexibility index (Phi) is 3.86. The molecule has 1 fully saturated rings. The molecule has 1 atom stereocenters. The van der Waals surface area contributed by atoms with Gasteiger partial charge in [-0.3, -0.25) is 9.88 Å². The number of aromatic nitrogens is 5. The van der Waals surface area contributed by atoms with Crippen molar-refractivity contribution in [3.63, 3.8) is 0 Å². The highest BCUT2D eigenvalue weighted by atomic mass is 16.5. The molecule has 1 aliphatic heterocycles. The molecular formula is C17H20N6O. The van der Waals surface area contributed by atoms with Gasteiger partial charge in [0, 0.05) is 12.4 Å². The normalized spacial score (nSPS) is 18.3. The fourth-order valence-electron chi connectivity index (χ4n) is 3.44. The molecule has 0 amide bonds. The SMILES string of the molecule is Cc1noc(C)c1-c1cncc(C2CCCN2Cc2ncc[nH]2)n1. The van der Waals surface area contributed by atoms with Crippen LogP contribution in [0.1, 0.15) is 41.9 Å². The van der Waals surface area contributed by atoms with E-state index in [0.29, 0.717) is 0 Å².